The molecule has 0 saturated heterocycles. The Morgan fingerprint density at radius 3 is 2.82 bits per heavy atom. The van der Waals surface area contributed by atoms with Crippen molar-refractivity contribution in [3.05, 3.63) is 35.7 Å². The van der Waals surface area contributed by atoms with E-state index in [0.29, 0.717) is 17.1 Å². The minimum absolute atomic E-state index is 0.159. The number of carbonyl (C=O) groups is 1. The summed E-state index contributed by atoms with van der Waals surface area (Å²) in [6.07, 6.45) is 0. The summed E-state index contributed by atoms with van der Waals surface area (Å²) >= 11 is 0. The van der Waals surface area contributed by atoms with Crippen LogP contribution in [0.1, 0.15) is 16.2 Å². The normalized spacial score (nSPS) is 10.2. The summed E-state index contributed by atoms with van der Waals surface area (Å²) in [6.45, 7) is 1.62. The van der Waals surface area contributed by atoms with E-state index in [2.05, 4.69) is 10.3 Å². The van der Waals surface area contributed by atoms with Crippen LogP contribution in [0.4, 0.5) is 0 Å². The van der Waals surface area contributed by atoms with Gasteiger partial charge < -0.3 is 14.6 Å². The van der Waals surface area contributed by atoms with Gasteiger partial charge in [-0.1, -0.05) is 11.3 Å². The molecule has 0 aliphatic rings. The summed E-state index contributed by atoms with van der Waals surface area (Å²) in [5.41, 5.74) is 0.938. The Kier molecular flexibility index (Phi) is 2.78. The molecule has 0 atom stereocenters. The first-order chi connectivity index (χ1) is 8.13. The number of aromatic nitrogens is 3. The second kappa shape index (κ2) is 4.25. The zero-order chi connectivity index (χ0) is 12.4. The van der Waals surface area contributed by atoms with Crippen LogP contribution in [0.3, 0.4) is 0 Å². The number of aromatic carboxylic acids is 1. The van der Waals surface area contributed by atoms with Gasteiger partial charge in [-0.15, -0.1) is 5.10 Å². The predicted octanol–water partition coefficient (Wildman–Crippen LogP) is -0.0522. The van der Waals surface area contributed by atoms with Gasteiger partial charge in [-0.2, -0.15) is 0 Å². The van der Waals surface area contributed by atoms with Gasteiger partial charge in [-0.05, 0) is 19.1 Å². The van der Waals surface area contributed by atoms with Gasteiger partial charge >= 0.3 is 0 Å². The van der Waals surface area contributed by atoms with Crippen molar-refractivity contribution in [1.29, 1.82) is 0 Å². The quantitative estimate of drug-likeness (QED) is 0.741. The zero-order valence-corrected chi connectivity index (χ0v) is 9.38. The predicted molar refractivity (Wildman–Crippen MR) is 57.0 cm³/mol. The number of methoxy groups -OCH3 is 1. The molecule has 0 fully saturated rings. The van der Waals surface area contributed by atoms with Crippen LogP contribution in [0.5, 0.6) is 5.75 Å². The molecular weight excluding hydrogens is 222 g/mol. The van der Waals surface area contributed by atoms with Crippen molar-refractivity contribution in [2.75, 3.05) is 7.11 Å². The minimum Gasteiger partial charge on any atom is -0.543 e. The number of rotatable bonds is 3. The average molecular weight is 232 g/mol. The Morgan fingerprint density at radius 1 is 1.47 bits per heavy atom. The number of carboxylic acid groups (broad SMARTS) is 1. The number of benzene rings is 1. The summed E-state index contributed by atoms with van der Waals surface area (Å²) in [7, 11) is 1.56. The van der Waals surface area contributed by atoms with Gasteiger partial charge in [0, 0.05) is 6.07 Å². The molecular formula is C11H10N3O3-. The van der Waals surface area contributed by atoms with E-state index in [0.717, 1.165) is 0 Å². The maximum absolute atomic E-state index is 10.7. The van der Waals surface area contributed by atoms with Crippen molar-refractivity contribution < 1.29 is 14.6 Å². The van der Waals surface area contributed by atoms with Crippen LogP contribution in [0.2, 0.25) is 0 Å². The van der Waals surface area contributed by atoms with Gasteiger partial charge in [0.15, 0.2) is 0 Å². The first-order valence-corrected chi connectivity index (χ1v) is 4.91. The summed E-state index contributed by atoms with van der Waals surface area (Å²) in [6, 6.07) is 7.09. The Labute approximate surface area is 97.4 Å². The van der Waals surface area contributed by atoms with E-state index in [4.69, 9.17) is 4.74 Å². The molecule has 2 aromatic rings. The smallest absolute Gasteiger partial charge is 0.131 e. The van der Waals surface area contributed by atoms with Gasteiger partial charge in [0.2, 0.25) is 0 Å². The molecule has 0 amide bonds. The van der Waals surface area contributed by atoms with Gasteiger partial charge in [-0.3, -0.25) is 0 Å². The van der Waals surface area contributed by atoms with E-state index in [-0.39, 0.29) is 5.69 Å². The van der Waals surface area contributed by atoms with Crippen molar-refractivity contribution in [2.24, 2.45) is 0 Å². The number of nitrogens with zero attached hydrogens (tertiary/aromatic N) is 3. The minimum atomic E-state index is -1.34. The van der Waals surface area contributed by atoms with Crippen molar-refractivity contribution >= 4 is 5.97 Å². The third-order valence-electron chi connectivity index (χ3n) is 2.39. The van der Waals surface area contributed by atoms with Crippen LogP contribution in [-0.4, -0.2) is 28.1 Å². The summed E-state index contributed by atoms with van der Waals surface area (Å²) < 4.78 is 6.50. The molecule has 0 spiro atoms. The SMILES string of the molecule is COc1cccc(-n2nnc(C(=O)[O-])c2C)c1. The Morgan fingerprint density at radius 2 is 2.24 bits per heavy atom. The molecule has 0 unspecified atom stereocenters. The monoisotopic (exact) mass is 232 g/mol. The van der Waals surface area contributed by atoms with Crippen LogP contribution in [-0.2, 0) is 0 Å². The van der Waals surface area contributed by atoms with E-state index < -0.39 is 5.97 Å². The molecule has 0 N–H and O–H groups in total. The largest absolute Gasteiger partial charge is 0.543 e. The standard InChI is InChI=1S/C11H11N3O3/c1-7-10(11(15)16)12-13-14(7)8-4-3-5-9(6-8)17-2/h3-6H,1-2H3,(H,15,16)/p-1. The second-order valence-corrected chi connectivity index (χ2v) is 3.42. The highest BCUT2D eigenvalue weighted by Crippen LogP contribution is 2.17. The van der Waals surface area contributed by atoms with Crippen molar-refractivity contribution in [3.63, 3.8) is 0 Å². The Bertz CT molecular complexity index is 563. The van der Waals surface area contributed by atoms with E-state index in [9.17, 15) is 9.90 Å². The Hall–Kier alpha value is -2.37. The van der Waals surface area contributed by atoms with Crippen LogP contribution >= 0.6 is 0 Å². The molecule has 0 aliphatic carbocycles. The molecule has 1 aromatic heterocycles. The fraction of sp³-hybridized carbons (Fsp3) is 0.182. The lowest BCUT2D eigenvalue weighted by molar-refractivity contribution is -0.255. The maximum Gasteiger partial charge on any atom is 0.131 e. The number of carbonyl (C=O) groups excluding carboxylic acids is 1. The summed E-state index contributed by atoms with van der Waals surface area (Å²) in [5, 5.41) is 18.1. The van der Waals surface area contributed by atoms with Crippen LogP contribution in [0.25, 0.3) is 5.69 Å². The lowest BCUT2D eigenvalue weighted by atomic mass is 10.3. The van der Waals surface area contributed by atoms with Gasteiger partial charge in [0.1, 0.15) is 11.4 Å². The van der Waals surface area contributed by atoms with E-state index in [1.54, 1.807) is 38.3 Å². The van der Waals surface area contributed by atoms with Crippen LogP contribution in [0, 0.1) is 6.92 Å². The molecule has 2 rings (SSSR count). The molecule has 88 valence electrons. The van der Waals surface area contributed by atoms with Crippen LogP contribution < -0.4 is 9.84 Å². The Balaban J connectivity index is 2.49. The van der Waals surface area contributed by atoms with E-state index >= 15 is 0 Å². The highest BCUT2D eigenvalue weighted by Gasteiger charge is 2.10. The third kappa shape index (κ3) is 1.96. The average Bonchev–Trinajstić information content (AvgIpc) is 2.71. The van der Waals surface area contributed by atoms with Gasteiger partial charge in [0.05, 0.1) is 24.5 Å². The molecule has 1 aromatic carbocycles. The van der Waals surface area contributed by atoms with Gasteiger partial charge in [-0.25, -0.2) is 4.68 Å². The second-order valence-electron chi connectivity index (χ2n) is 3.42. The molecule has 6 nitrogen and oxygen atoms in total. The van der Waals surface area contributed by atoms with Crippen molar-refractivity contribution in [2.45, 2.75) is 6.92 Å². The maximum atomic E-state index is 10.7. The van der Waals surface area contributed by atoms with Crippen LogP contribution in [0.15, 0.2) is 24.3 Å². The van der Waals surface area contributed by atoms with E-state index in [1.165, 1.54) is 4.68 Å². The molecule has 0 aliphatic heterocycles. The molecule has 0 bridgehead atoms. The number of hydrogen-bond acceptors (Lipinski definition) is 5. The fourth-order valence-corrected chi connectivity index (χ4v) is 1.51. The lowest BCUT2D eigenvalue weighted by Crippen LogP contribution is -2.23. The highest BCUT2D eigenvalue weighted by molar-refractivity contribution is 5.84. The fourth-order valence-electron chi connectivity index (χ4n) is 1.51. The molecule has 1 heterocycles. The third-order valence-corrected chi connectivity index (χ3v) is 2.39. The first kappa shape index (κ1) is 11.1. The number of hydrogen-bond donors (Lipinski definition) is 0. The molecule has 17 heavy (non-hydrogen) atoms. The zero-order valence-electron chi connectivity index (χ0n) is 9.38. The molecule has 6 heteroatoms. The first-order valence-electron chi connectivity index (χ1n) is 4.91. The molecule has 0 saturated carbocycles. The number of ether oxygens (including phenoxy) is 1. The number of carboxylic acids is 1. The van der Waals surface area contributed by atoms with E-state index in [1.807, 2.05) is 0 Å². The van der Waals surface area contributed by atoms with Gasteiger partial charge in [0.25, 0.3) is 0 Å². The summed E-state index contributed by atoms with van der Waals surface area (Å²) in [4.78, 5) is 10.7. The highest BCUT2D eigenvalue weighted by atomic mass is 16.5. The van der Waals surface area contributed by atoms with Crippen molar-refractivity contribution in [1.82, 2.24) is 15.0 Å². The lowest BCUT2D eigenvalue weighted by Gasteiger charge is -2.06. The summed E-state index contributed by atoms with van der Waals surface area (Å²) in [5.74, 6) is -0.677. The van der Waals surface area contributed by atoms with Crippen molar-refractivity contribution in [3.8, 4) is 11.4 Å². The molecule has 0 radical (unpaired) electrons. The topological polar surface area (TPSA) is 80.1 Å².